The van der Waals surface area contributed by atoms with Gasteiger partial charge >= 0.3 is 5.97 Å². The molecular weight excluding hydrogens is 1010 g/mol. The molecule has 1 unspecified atom stereocenters. The summed E-state index contributed by atoms with van der Waals surface area (Å²) in [7, 11) is -3.20. The van der Waals surface area contributed by atoms with Crippen LogP contribution in [0.25, 0.3) is 0 Å². The molecule has 3 amide bonds. The van der Waals surface area contributed by atoms with Gasteiger partial charge in [0.1, 0.15) is 10.7 Å². The lowest BCUT2D eigenvalue weighted by molar-refractivity contribution is 0.0694. The lowest BCUT2D eigenvalue weighted by Gasteiger charge is -2.21. The number of sulfonamides is 2. The van der Waals surface area contributed by atoms with E-state index in [2.05, 4.69) is 10.0 Å². The van der Waals surface area contributed by atoms with Gasteiger partial charge in [0, 0.05) is 54.1 Å². The molecule has 0 fully saturated rings. The minimum Gasteiger partial charge on any atom is -0.478 e. The Balaban J connectivity index is 0.000000186. The van der Waals surface area contributed by atoms with Crippen LogP contribution in [-0.2, 0) is 26.6 Å². The number of hydrogen-bond acceptors (Lipinski definition) is 11. The summed E-state index contributed by atoms with van der Waals surface area (Å²) in [6.07, 6.45) is -1.07. The topological polar surface area (TPSA) is 245 Å². The maximum atomic E-state index is 13.2. The number of para-hydroxylation sites is 1. The first-order valence-electron chi connectivity index (χ1n) is 22.6. The molecule has 1 aliphatic heterocycles. The summed E-state index contributed by atoms with van der Waals surface area (Å²) in [4.78, 5) is 74.0. The molecule has 1 atom stereocenters. The van der Waals surface area contributed by atoms with Crippen LogP contribution in [0.4, 0.5) is 21.5 Å². The molecule has 0 radical (unpaired) electrons. The van der Waals surface area contributed by atoms with E-state index in [4.69, 9.17) is 5.11 Å². The van der Waals surface area contributed by atoms with Gasteiger partial charge in [-0.1, -0.05) is 60.7 Å². The number of aliphatic hydroxyl groups is 1. The third kappa shape index (κ3) is 13.1. The number of carbonyl (C=O) groups is 6. The lowest BCUT2D eigenvalue weighted by atomic mass is 10.0. The van der Waals surface area contributed by atoms with Gasteiger partial charge in [-0.3, -0.25) is 33.2 Å². The van der Waals surface area contributed by atoms with Gasteiger partial charge in [-0.2, -0.15) is 0 Å². The van der Waals surface area contributed by atoms with Gasteiger partial charge in [-0.25, -0.2) is 30.7 Å². The van der Waals surface area contributed by atoms with Crippen molar-refractivity contribution in [1.29, 1.82) is 0 Å². The average Bonchev–Trinajstić information content (AvgIpc) is 3.66. The molecule has 0 aliphatic carbocycles. The predicted molar refractivity (Wildman–Crippen MR) is 279 cm³/mol. The van der Waals surface area contributed by atoms with Crippen molar-refractivity contribution in [2.45, 2.75) is 36.4 Å². The summed E-state index contributed by atoms with van der Waals surface area (Å²) in [5, 5.41) is 21.8. The summed E-state index contributed by atoms with van der Waals surface area (Å²) in [5.41, 5.74) is 4.31. The molecule has 0 saturated carbocycles. The normalized spacial score (nSPS) is 12.7. The summed E-state index contributed by atoms with van der Waals surface area (Å²) >= 11 is 0. The number of carboxylic acid groups (broad SMARTS) is 1. The van der Waals surface area contributed by atoms with Crippen molar-refractivity contribution in [2.24, 2.45) is 0 Å². The Labute approximate surface area is 432 Å². The van der Waals surface area contributed by atoms with E-state index < -0.39 is 44.0 Å². The van der Waals surface area contributed by atoms with Crippen LogP contribution < -0.4 is 19.2 Å². The molecule has 1 heterocycles. The maximum Gasteiger partial charge on any atom is 0.335 e. The number of aliphatic hydroxyl groups excluding tert-OH is 1. The minimum absolute atomic E-state index is 0.0948. The monoisotopic (exact) mass is 1060 g/mol. The predicted octanol–water partition coefficient (Wildman–Crippen LogP) is 8.21. The minimum atomic E-state index is -4.02. The van der Waals surface area contributed by atoms with E-state index in [0.717, 1.165) is 22.0 Å². The zero-order chi connectivity index (χ0) is 54.8. The van der Waals surface area contributed by atoms with Gasteiger partial charge < -0.3 is 20.4 Å². The molecule has 20 heteroatoms. The number of hydrogen-bond donors (Lipinski definition) is 4. The van der Waals surface area contributed by atoms with E-state index in [0.29, 0.717) is 45.7 Å². The van der Waals surface area contributed by atoms with Gasteiger partial charge in [0.05, 0.1) is 27.4 Å². The van der Waals surface area contributed by atoms with E-state index in [1.54, 1.807) is 92.0 Å². The molecule has 0 saturated heterocycles. The number of halogens is 1. The van der Waals surface area contributed by atoms with Gasteiger partial charge in [0.15, 0.2) is 17.8 Å². The summed E-state index contributed by atoms with van der Waals surface area (Å²) in [6, 6.07) is 42.7. The molecule has 0 spiro atoms. The van der Waals surface area contributed by atoms with Crippen LogP contribution in [0, 0.1) is 5.82 Å². The van der Waals surface area contributed by atoms with Crippen LogP contribution in [0.1, 0.15) is 93.4 Å². The number of benzene rings is 7. The third-order valence-corrected chi connectivity index (χ3v) is 14.9. The highest BCUT2D eigenvalue weighted by atomic mass is 32.2. The van der Waals surface area contributed by atoms with Crippen molar-refractivity contribution < 1.29 is 60.2 Å². The number of carboxylic acids is 1. The number of nitrogens with zero attached hydrogens (tertiary/aromatic N) is 3. The fraction of sp³-hybridized carbons (Fsp3) is 0.127. The molecule has 7 aromatic rings. The number of carbonyl (C=O) groups excluding carboxylic acids is 5. The number of rotatable bonds is 14. The summed E-state index contributed by atoms with van der Waals surface area (Å²) in [6.45, 7) is 3.18. The molecule has 0 aromatic heterocycles. The Kier molecular flexibility index (Phi) is 17.7. The molecule has 386 valence electrons. The molecule has 4 N–H and O–H groups in total. The van der Waals surface area contributed by atoms with Crippen LogP contribution >= 0.6 is 0 Å². The summed E-state index contributed by atoms with van der Waals surface area (Å²) in [5.74, 6) is -2.88. The van der Waals surface area contributed by atoms with Crippen molar-refractivity contribution in [3.8, 4) is 0 Å². The number of nitrogens with one attached hydrogen (secondary N) is 2. The molecule has 8 rings (SSSR count). The van der Waals surface area contributed by atoms with E-state index in [1.165, 1.54) is 111 Å². The van der Waals surface area contributed by atoms with Gasteiger partial charge in [-0.05, 0) is 136 Å². The number of fused-ring (bicyclic) bond motifs is 1. The first-order valence-corrected chi connectivity index (χ1v) is 25.6. The Morgan fingerprint density at radius 3 is 1.77 bits per heavy atom. The number of amides is 3. The van der Waals surface area contributed by atoms with Crippen molar-refractivity contribution in [2.75, 3.05) is 35.7 Å². The van der Waals surface area contributed by atoms with Gasteiger partial charge in [0.25, 0.3) is 27.7 Å². The lowest BCUT2D eigenvalue weighted by Crippen LogP contribution is -2.28. The number of ketones is 2. The number of anilines is 3. The molecule has 1 aliphatic rings. The Hall–Kier alpha value is -8.69. The van der Waals surface area contributed by atoms with Gasteiger partial charge in [0.2, 0.25) is 10.0 Å². The third-order valence-electron chi connectivity index (χ3n) is 11.6. The van der Waals surface area contributed by atoms with Crippen LogP contribution in [0.3, 0.4) is 0 Å². The zero-order valence-electron chi connectivity index (χ0n) is 41.0. The number of Topliss-reactive ketones (excluding diaryl/α,β-unsaturated/α-hetero) is 2. The van der Waals surface area contributed by atoms with Crippen molar-refractivity contribution in [3.05, 3.63) is 220 Å². The molecule has 7 aromatic carbocycles. The highest BCUT2D eigenvalue weighted by Gasteiger charge is 2.36. The van der Waals surface area contributed by atoms with E-state index >= 15 is 0 Å². The highest BCUT2D eigenvalue weighted by Crippen LogP contribution is 2.36. The first-order chi connectivity index (χ1) is 35.5. The fourth-order valence-corrected chi connectivity index (χ4v) is 9.59. The Bertz CT molecular complexity index is 3500. The molecule has 0 bridgehead atoms. The largest absolute Gasteiger partial charge is 0.478 e. The fourth-order valence-electron chi connectivity index (χ4n) is 7.52. The van der Waals surface area contributed by atoms with Crippen LogP contribution in [-0.4, -0.2) is 88.3 Å². The molecule has 17 nitrogen and oxygen atoms in total. The average molecular weight is 1060 g/mol. The SMILES string of the molecule is CC(=O)c1ccc(N(C)S(=O)(=O)c2ccccc2NC(=O)c2ccc(F)cc2)cc1.CC(=O)c1ccccc1C(=O)N(C)Cc1ccc(C(=O)O)cc1.CNS(=O)(=O)c1ccc(N2C(=O)c3ccccc3C2O)cc1. The first kappa shape index (κ1) is 55.6. The van der Waals surface area contributed by atoms with Gasteiger partial charge in [-0.15, -0.1) is 0 Å². The Morgan fingerprint density at radius 2 is 1.20 bits per heavy atom. The molecule has 75 heavy (non-hydrogen) atoms. The zero-order valence-corrected chi connectivity index (χ0v) is 42.6. The second kappa shape index (κ2) is 23.9. The van der Waals surface area contributed by atoms with Crippen LogP contribution in [0.5, 0.6) is 0 Å². The van der Waals surface area contributed by atoms with Crippen molar-refractivity contribution in [1.82, 2.24) is 9.62 Å². The second-order valence-electron chi connectivity index (χ2n) is 16.6. The number of aromatic carboxylic acids is 1. The van der Waals surface area contributed by atoms with E-state index in [1.807, 2.05) is 0 Å². The van der Waals surface area contributed by atoms with Crippen LogP contribution in [0.15, 0.2) is 180 Å². The van der Waals surface area contributed by atoms with Crippen molar-refractivity contribution >= 4 is 72.4 Å². The standard InChI is InChI=1S/C22H19FN2O4S.C18H17NO4.C15H14N2O4S/c1-15(26)16-9-13-19(14-10-16)25(2)30(28,29)21-6-4-3-5-20(21)24-22(27)17-7-11-18(23)12-8-17;1-12(20)15-5-3-4-6-16(15)17(21)19(2)11-13-7-9-14(10-8-13)18(22)23;1-16-22(20,21)11-8-6-10(7-9-11)17-14(18)12-4-2-3-5-13(12)15(17)19/h3-14H,1-2H3,(H,24,27);3-10H,11H2,1-2H3,(H,22,23);2-9,14,16,18H,1H3. The maximum absolute atomic E-state index is 13.2. The summed E-state index contributed by atoms with van der Waals surface area (Å²) < 4.78 is 66.2. The van der Waals surface area contributed by atoms with Crippen LogP contribution in [0.2, 0.25) is 0 Å². The quantitative estimate of drug-likeness (QED) is 0.0753. The molecular formula is C55H50FN5O12S2. The van der Waals surface area contributed by atoms with E-state index in [9.17, 15) is 55.1 Å². The highest BCUT2D eigenvalue weighted by molar-refractivity contribution is 7.93. The Morgan fingerprint density at radius 1 is 0.653 bits per heavy atom. The smallest absolute Gasteiger partial charge is 0.335 e. The van der Waals surface area contributed by atoms with E-state index in [-0.39, 0.29) is 50.0 Å². The van der Waals surface area contributed by atoms with Crippen molar-refractivity contribution in [3.63, 3.8) is 0 Å². The second-order valence-corrected chi connectivity index (χ2v) is 20.5.